The van der Waals surface area contributed by atoms with Crippen LogP contribution in [-0.2, 0) is 11.3 Å². The SMILES string of the molecule is COCCNCc1ccc(SC(C)C(C)C)c(Br)c1. The first-order valence-electron chi connectivity index (χ1n) is 6.69. The van der Waals surface area contributed by atoms with Gasteiger partial charge in [-0.1, -0.05) is 26.8 Å². The highest BCUT2D eigenvalue weighted by molar-refractivity contribution is 9.10. The standard InChI is InChI=1S/C15H24BrNOS/c1-11(2)12(3)19-15-6-5-13(9-14(15)16)10-17-7-8-18-4/h5-6,9,11-12,17H,7-8,10H2,1-4H3. The molecule has 4 heteroatoms. The maximum Gasteiger partial charge on any atom is 0.0587 e. The predicted molar refractivity (Wildman–Crippen MR) is 87.9 cm³/mol. The third-order valence-electron chi connectivity index (χ3n) is 3.06. The number of nitrogens with one attached hydrogen (secondary N) is 1. The Morgan fingerprint density at radius 3 is 2.63 bits per heavy atom. The summed E-state index contributed by atoms with van der Waals surface area (Å²) in [6.45, 7) is 9.32. The largest absolute Gasteiger partial charge is 0.383 e. The van der Waals surface area contributed by atoms with Crippen LogP contribution in [0.25, 0.3) is 0 Å². The molecule has 0 aliphatic heterocycles. The Hall–Kier alpha value is -0.0300. The molecule has 1 aromatic rings. The van der Waals surface area contributed by atoms with E-state index in [-0.39, 0.29) is 0 Å². The number of benzene rings is 1. The summed E-state index contributed by atoms with van der Waals surface area (Å²) in [6, 6.07) is 6.61. The fraction of sp³-hybridized carbons (Fsp3) is 0.600. The quantitative estimate of drug-likeness (QED) is 0.559. The molecule has 19 heavy (non-hydrogen) atoms. The Bertz CT molecular complexity index is 384. The Balaban J connectivity index is 2.54. The van der Waals surface area contributed by atoms with Crippen molar-refractivity contribution in [1.29, 1.82) is 0 Å². The lowest BCUT2D eigenvalue weighted by atomic mass is 10.2. The number of halogens is 1. The average Bonchev–Trinajstić information content (AvgIpc) is 2.37. The molecule has 0 bridgehead atoms. The second-order valence-corrected chi connectivity index (χ2v) is 7.27. The Morgan fingerprint density at radius 1 is 1.32 bits per heavy atom. The van der Waals surface area contributed by atoms with Gasteiger partial charge in [0.25, 0.3) is 0 Å². The second kappa shape index (κ2) is 9.01. The van der Waals surface area contributed by atoms with Gasteiger partial charge in [-0.25, -0.2) is 0 Å². The van der Waals surface area contributed by atoms with Gasteiger partial charge in [-0.3, -0.25) is 0 Å². The fourth-order valence-electron chi connectivity index (χ4n) is 1.49. The number of thioether (sulfide) groups is 1. The average molecular weight is 346 g/mol. The zero-order valence-electron chi connectivity index (χ0n) is 12.2. The number of hydrogen-bond acceptors (Lipinski definition) is 3. The molecule has 1 N–H and O–H groups in total. The van der Waals surface area contributed by atoms with Crippen molar-refractivity contribution in [3.8, 4) is 0 Å². The minimum atomic E-state index is 0.627. The number of rotatable bonds is 8. The van der Waals surface area contributed by atoms with Gasteiger partial charge in [0.1, 0.15) is 0 Å². The fourth-order valence-corrected chi connectivity index (χ4v) is 3.19. The van der Waals surface area contributed by atoms with E-state index in [1.165, 1.54) is 14.9 Å². The maximum absolute atomic E-state index is 5.01. The molecule has 0 fully saturated rings. The van der Waals surface area contributed by atoms with E-state index in [9.17, 15) is 0 Å². The van der Waals surface area contributed by atoms with Crippen LogP contribution in [0.2, 0.25) is 0 Å². The van der Waals surface area contributed by atoms with Gasteiger partial charge in [0, 0.05) is 34.8 Å². The van der Waals surface area contributed by atoms with Crippen LogP contribution in [0.5, 0.6) is 0 Å². The number of ether oxygens (including phenoxy) is 1. The predicted octanol–water partition coefficient (Wildman–Crippen LogP) is 4.32. The van der Waals surface area contributed by atoms with Crippen molar-refractivity contribution in [1.82, 2.24) is 5.32 Å². The van der Waals surface area contributed by atoms with E-state index >= 15 is 0 Å². The van der Waals surface area contributed by atoms with Crippen molar-refractivity contribution in [2.24, 2.45) is 5.92 Å². The Labute approximate surface area is 129 Å². The second-order valence-electron chi connectivity index (χ2n) is 5.00. The first-order chi connectivity index (χ1) is 9.04. The summed E-state index contributed by atoms with van der Waals surface area (Å²) in [7, 11) is 1.72. The van der Waals surface area contributed by atoms with Gasteiger partial charge < -0.3 is 10.1 Å². The van der Waals surface area contributed by atoms with Crippen molar-refractivity contribution in [3.63, 3.8) is 0 Å². The molecule has 1 unspecified atom stereocenters. The summed E-state index contributed by atoms with van der Waals surface area (Å²) in [5.74, 6) is 0.687. The number of methoxy groups -OCH3 is 1. The van der Waals surface area contributed by atoms with Crippen molar-refractivity contribution in [2.75, 3.05) is 20.3 Å². The van der Waals surface area contributed by atoms with Gasteiger partial charge in [0.2, 0.25) is 0 Å². The van der Waals surface area contributed by atoms with Crippen LogP contribution >= 0.6 is 27.7 Å². The molecule has 1 rings (SSSR count). The molecule has 0 radical (unpaired) electrons. The molecule has 0 aromatic heterocycles. The summed E-state index contributed by atoms with van der Waals surface area (Å²) >= 11 is 5.61. The van der Waals surface area contributed by atoms with Gasteiger partial charge in [-0.15, -0.1) is 11.8 Å². The summed E-state index contributed by atoms with van der Waals surface area (Å²) in [5, 5.41) is 3.98. The van der Waals surface area contributed by atoms with Crippen molar-refractivity contribution in [2.45, 2.75) is 37.5 Å². The van der Waals surface area contributed by atoms with Crippen molar-refractivity contribution in [3.05, 3.63) is 28.2 Å². The number of hydrogen-bond donors (Lipinski definition) is 1. The van der Waals surface area contributed by atoms with Crippen molar-refractivity contribution < 1.29 is 4.74 Å². The topological polar surface area (TPSA) is 21.3 Å². The molecule has 0 saturated carbocycles. The molecule has 1 aromatic carbocycles. The molecule has 0 saturated heterocycles. The molecular formula is C15H24BrNOS. The van der Waals surface area contributed by atoms with Gasteiger partial charge in [0.15, 0.2) is 0 Å². The normalized spacial score (nSPS) is 12.9. The molecule has 1 atom stereocenters. The van der Waals surface area contributed by atoms with Gasteiger partial charge in [-0.2, -0.15) is 0 Å². The molecule has 0 aliphatic rings. The van der Waals surface area contributed by atoms with Crippen LogP contribution in [0, 0.1) is 5.92 Å². The highest BCUT2D eigenvalue weighted by Gasteiger charge is 2.11. The first kappa shape index (κ1) is 17.0. The van der Waals surface area contributed by atoms with Crippen LogP contribution in [0.4, 0.5) is 0 Å². The van der Waals surface area contributed by atoms with E-state index in [0.29, 0.717) is 11.2 Å². The summed E-state index contributed by atoms with van der Waals surface area (Å²) < 4.78 is 6.20. The van der Waals surface area contributed by atoms with E-state index < -0.39 is 0 Å². The van der Waals surface area contributed by atoms with Crippen LogP contribution in [0.3, 0.4) is 0 Å². The van der Waals surface area contributed by atoms with Gasteiger partial charge in [-0.05, 0) is 39.5 Å². The lowest BCUT2D eigenvalue weighted by Crippen LogP contribution is -2.18. The Morgan fingerprint density at radius 2 is 2.05 bits per heavy atom. The lowest BCUT2D eigenvalue weighted by Gasteiger charge is -2.16. The molecule has 108 valence electrons. The van der Waals surface area contributed by atoms with Gasteiger partial charge in [0.05, 0.1) is 6.61 Å². The third kappa shape index (κ3) is 6.30. The smallest absolute Gasteiger partial charge is 0.0587 e. The molecule has 0 amide bonds. The van der Waals surface area contributed by atoms with E-state index in [1.807, 2.05) is 11.8 Å². The molecule has 0 aliphatic carbocycles. The third-order valence-corrected chi connectivity index (χ3v) is 5.50. The molecule has 2 nitrogen and oxygen atoms in total. The molecule has 0 spiro atoms. The van der Waals surface area contributed by atoms with Crippen molar-refractivity contribution >= 4 is 27.7 Å². The molecular weight excluding hydrogens is 322 g/mol. The van der Waals surface area contributed by atoms with E-state index in [1.54, 1.807) is 7.11 Å². The van der Waals surface area contributed by atoms with E-state index in [0.717, 1.165) is 19.7 Å². The zero-order chi connectivity index (χ0) is 14.3. The monoisotopic (exact) mass is 345 g/mol. The summed E-state index contributed by atoms with van der Waals surface area (Å²) in [6.07, 6.45) is 0. The van der Waals surface area contributed by atoms with Crippen LogP contribution in [-0.4, -0.2) is 25.5 Å². The lowest BCUT2D eigenvalue weighted by molar-refractivity contribution is 0.199. The van der Waals surface area contributed by atoms with Gasteiger partial charge >= 0.3 is 0 Å². The highest BCUT2D eigenvalue weighted by atomic mass is 79.9. The maximum atomic E-state index is 5.01. The van der Waals surface area contributed by atoms with E-state index in [2.05, 4.69) is 60.2 Å². The van der Waals surface area contributed by atoms with E-state index in [4.69, 9.17) is 4.74 Å². The Kier molecular flexibility index (Phi) is 8.07. The minimum absolute atomic E-state index is 0.627. The molecule has 0 heterocycles. The highest BCUT2D eigenvalue weighted by Crippen LogP contribution is 2.33. The summed E-state index contributed by atoms with van der Waals surface area (Å²) in [4.78, 5) is 1.32. The van der Waals surface area contributed by atoms with Crippen LogP contribution < -0.4 is 5.32 Å². The summed E-state index contributed by atoms with van der Waals surface area (Å²) in [5.41, 5.74) is 1.30. The van der Waals surface area contributed by atoms with Crippen LogP contribution in [0.15, 0.2) is 27.6 Å². The van der Waals surface area contributed by atoms with Crippen LogP contribution in [0.1, 0.15) is 26.3 Å². The zero-order valence-corrected chi connectivity index (χ0v) is 14.6. The minimum Gasteiger partial charge on any atom is -0.383 e. The first-order valence-corrected chi connectivity index (χ1v) is 8.36.